The highest BCUT2D eigenvalue weighted by molar-refractivity contribution is 6.42. The molecule has 0 aliphatic rings. The van der Waals surface area contributed by atoms with Crippen LogP contribution < -0.4 is 11.1 Å². The summed E-state index contributed by atoms with van der Waals surface area (Å²) in [5.74, 6) is -0.143. The molecule has 25 heavy (non-hydrogen) atoms. The van der Waals surface area contributed by atoms with Gasteiger partial charge in [-0.15, -0.1) is 0 Å². The van der Waals surface area contributed by atoms with Gasteiger partial charge in [0.05, 0.1) is 15.6 Å². The zero-order valence-electron chi connectivity index (χ0n) is 13.4. The van der Waals surface area contributed by atoms with Gasteiger partial charge in [-0.3, -0.25) is 4.79 Å². The molecule has 8 heteroatoms. The quantitative estimate of drug-likeness (QED) is 0.504. The number of aromatic nitrogens is 2. The molecular weight excluding hydrogens is 363 g/mol. The molecule has 2 rings (SSSR count). The first-order valence-electron chi connectivity index (χ1n) is 7.61. The lowest BCUT2D eigenvalue weighted by atomic mass is 10.1. The number of hydrogen-bond acceptors (Lipinski definition) is 5. The fraction of sp³-hybridized carbons (Fsp3) is 0.235. The third-order valence-corrected chi connectivity index (χ3v) is 4.11. The van der Waals surface area contributed by atoms with Crippen molar-refractivity contribution in [3.05, 3.63) is 63.8 Å². The Hall–Kier alpha value is -2.15. The Labute approximate surface area is 155 Å². The topological polar surface area (TPSA) is 101 Å². The van der Waals surface area contributed by atoms with E-state index < -0.39 is 0 Å². The van der Waals surface area contributed by atoms with Crippen molar-refractivity contribution in [1.29, 1.82) is 0 Å². The Morgan fingerprint density at radius 1 is 1.20 bits per heavy atom. The number of hydrogen-bond donors (Lipinski definition) is 3. The summed E-state index contributed by atoms with van der Waals surface area (Å²) in [6.45, 7) is 0.351. The number of carbonyl (C=O) groups is 1. The molecule has 0 atom stereocenters. The van der Waals surface area contributed by atoms with E-state index in [4.69, 9.17) is 34.0 Å². The average molecular weight is 381 g/mol. The monoisotopic (exact) mass is 380 g/mol. The molecule has 132 valence electrons. The van der Waals surface area contributed by atoms with Gasteiger partial charge in [0.1, 0.15) is 0 Å². The Morgan fingerprint density at radius 2 is 1.92 bits per heavy atom. The van der Waals surface area contributed by atoms with Crippen molar-refractivity contribution in [1.82, 2.24) is 15.3 Å². The van der Waals surface area contributed by atoms with Crippen LogP contribution in [0.3, 0.4) is 0 Å². The number of carbonyl (C=O) groups excluding carboxylic acids is 1. The van der Waals surface area contributed by atoms with Crippen LogP contribution in [0.25, 0.3) is 5.57 Å². The first-order chi connectivity index (χ1) is 12.0. The van der Waals surface area contributed by atoms with Gasteiger partial charge in [0.25, 0.3) is 5.91 Å². The average Bonchev–Trinajstić information content (AvgIpc) is 2.60. The van der Waals surface area contributed by atoms with Crippen LogP contribution in [0.4, 0.5) is 0 Å². The Balaban J connectivity index is 2.07. The molecule has 0 bridgehead atoms. The van der Waals surface area contributed by atoms with E-state index in [0.29, 0.717) is 29.4 Å². The minimum Gasteiger partial charge on any atom is -0.404 e. The van der Waals surface area contributed by atoms with E-state index in [-0.39, 0.29) is 23.9 Å². The number of amides is 1. The molecule has 0 radical (unpaired) electrons. The van der Waals surface area contributed by atoms with E-state index in [9.17, 15) is 4.79 Å². The van der Waals surface area contributed by atoms with Gasteiger partial charge in [0.15, 0.2) is 5.82 Å². The van der Waals surface area contributed by atoms with Crippen molar-refractivity contribution in [2.45, 2.75) is 12.8 Å². The normalized spacial score (nSPS) is 11.4. The largest absolute Gasteiger partial charge is 0.404 e. The van der Waals surface area contributed by atoms with E-state index in [1.54, 1.807) is 24.5 Å². The first kappa shape index (κ1) is 19.2. The van der Waals surface area contributed by atoms with Gasteiger partial charge in [-0.25, -0.2) is 9.97 Å². The van der Waals surface area contributed by atoms with E-state index in [1.807, 2.05) is 6.07 Å². The lowest BCUT2D eigenvalue weighted by Crippen LogP contribution is -2.27. The molecule has 0 aliphatic heterocycles. The summed E-state index contributed by atoms with van der Waals surface area (Å²) in [7, 11) is 0. The van der Waals surface area contributed by atoms with Crippen LogP contribution in [0, 0.1) is 0 Å². The minimum atomic E-state index is -0.381. The smallest absolute Gasteiger partial charge is 0.256 e. The summed E-state index contributed by atoms with van der Waals surface area (Å²) < 4.78 is 0. The summed E-state index contributed by atoms with van der Waals surface area (Å²) >= 11 is 11.9. The van der Waals surface area contributed by atoms with Crippen molar-refractivity contribution in [2.75, 3.05) is 13.2 Å². The molecule has 0 aliphatic carbocycles. The van der Waals surface area contributed by atoms with Crippen LogP contribution in [0.1, 0.15) is 23.4 Å². The number of aliphatic hydroxyl groups excluding tert-OH is 1. The Bertz CT molecular complexity index is 764. The maximum Gasteiger partial charge on any atom is 0.256 e. The molecular formula is C17H18Cl2N4O2. The fourth-order valence-electron chi connectivity index (χ4n) is 2.10. The Kier molecular flexibility index (Phi) is 7.18. The van der Waals surface area contributed by atoms with Crippen molar-refractivity contribution >= 4 is 34.7 Å². The molecule has 0 saturated heterocycles. The van der Waals surface area contributed by atoms with E-state index >= 15 is 0 Å². The number of nitrogens with one attached hydrogen (secondary N) is 1. The molecule has 1 heterocycles. The zero-order chi connectivity index (χ0) is 18.2. The van der Waals surface area contributed by atoms with E-state index in [2.05, 4.69) is 15.3 Å². The predicted molar refractivity (Wildman–Crippen MR) is 98.2 cm³/mol. The third kappa shape index (κ3) is 5.42. The van der Waals surface area contributed by atoms with Crippen LogP contribution in [0.5, 0.6) is 0 Å². The SMILES string of the molecule is N/C=C(/C(=O)NCCCO)c1ncc(Cc2ccc(Cl)c(Cl)c2)cn1. The highest BCUT2D eigenvalue weighted by atomic mass is 35.5. The van der Waals surface area contributed by atoms with Crippen molar-refractivity contribution in [3.63, 3.8) is 0 Å². The molecule has 6 nitrogen and oxygen atoms in total. The number of nitrogens with zero attached hydrogens (tertiary/aromatic N) is 2. The molecule has 1 aromatic heterocycles. The molecule has 1 aromatic carbocycles. The molecule has 1 amide bonds. The predicted octanol–water partition coefficient (Wildman–Crippen LogP) is 2.17. The second kappa shape index (κ2) is 9.36. The number of aliphatic hydroxyl groups is 1. The van der Waals surface area contributed by atoms with Gasteiger partial charge in [0.2, 0.25) is 0 Å². The molecule has 4 N–H and O–H groups in total. The highest BCUT2D eigenvalue weighted by Gasteiger charge is 2.14. The second-order valence-electron chi connectivity index (χ2n) is 5.25. The highest BCUT2D eigenvalue weighted by Crippen LogP contribution is 2.23. The first-order valence-corrected chi connectivity index (χ1v) is 8.37. The van der Waals surface area contributed by atoms with E-state index in [1.165, 1.54) is 6.20 Å². The van der Waals surface area contributed by atoms with Gasteiger partial charge in [-0.2, -0.15) is 0 Å². The molecule has 0 saturated carbocycles. The number of benzene rings is 1. The maximum absolute atomic E-state index is 12.0. The molecule has 0 unspecified atom stereocenters. The summed E-state index contributed by atoms with van der Waals surface area (Å²) in [5.41, 5.74) is 7.54. The Morgan fingerprint density at radius 3 is 2.52 bits per heavy atom. The van der Waals surface area contributed by atoms with Gasteiger partial charge < -0.3 is 16.2 Å². The lowest BCUT2D eigenvalue weighted by molar-refractivity contribution is -0.115. The summed E-state index contributed by atoms with van der Waals surface area (Å²) in [4.78, 5) is 20.5. The number of nitrogens with two attached hydrogens (primary N) is 1. The van der Waals surface area contributed by atoms with Crippen LogP contribution in [-0.2, 0) is 11.2 Å². The maximum atomic E-state index is 12.0. The van der Waals surface area contributed by atoms with Crippen LogP contribution >= 0.6 is 23.2 Å². The van der Waals surface area contributed by atoms with Gasteiger partial charge >= 0.3 is 0 Å². The summed E-state index contributed by atoms with van der Waals surface area (Å²) in [5, 5.41) is 12.4. The number of rotatable bonds is 7. The standard InChI is InChI=1S/C17H18Cl2N4O2/c18-14-3-2-11(7-15(14)19)6-12-9-22-16(23-10-12)13(8-20)17(25)21-4-1-5-24/h2-3,7-10,24H,1,4-6,20H2,(H,21,25)/b13-8+. The van der Waals surface area contributed by atoms with Crippen molar-refractivity contribution in [3.8, 4) is 0 Å². The zero-order valence-corrected chi connectivity index (χ0v) is 14.9. The van der Waals surface area contributed by atoms with Crippen LogP contribution in [0.2, 0.25) is 10.0 Å². The van der Waals surface area contributed by atoms with Gasteiger partial charge in [-0.1, -0.05) is 29.3 Å². The second-order valence-corrected chi connectivity index (χ2v) is 6.07. The molecule has 0 fully saturated rings. The number of halogens is 2. The summed E-state index contributed by atoms with van der Waals surface area (Å²) in [6, 6.07) is 5.40. The van der Waals surface area contributed by atoms with Crippen molar-refractivity contribution < 1.29 is 9.90 Å². The van der Waals surface area contributed by atoms with Gasteiger partial charge in [-0.05, 0) is 29.7 Å². The van der Waals surface area contributed by atoms with Crippen LogP contribution in [0.15, 0.2) is 36.8 Å². The third-order valence-electron chi connectivity index (χ3n) is 3.37. The lowest BCUT2D eigenvalue weighted by Gasteiger charge is -2.08. The van der Waals surface area contributed by atoms with E-state index in [0.717, 1.165) is 11.1 Å². The minimum absolute atomic E-state index is 0.00185. The molecule has 2 aromatic rings. The van der Waals surface area contributed by atoms with Crippen molar-refractivity contribution in [2.24, 2.45) is 5.73 Å². The van der Waals surface area contributed by atoms with Crippen LogP contribution in [-0.4, -0.2) is 34.1 Å². The fourth-order valence-corrected chi connectivity index (χ4v) is 2.42. The van der Waals surface area contributed by atoms with Gasteiger partial charge in [0, 0.05) is 38.2 Å². The summed E-state index contributed by atoms with van der Waals surface area (Å²) in [6.07, 6.45) is 5.49. The molecule has 0 spiro atoms.